The summed E-state index contributed by atoms with van der Waals surface area (Å²) in [6, 6.07) is -0.186. The second-order valence-corrected chi connectivity index (χ2v) is 5.02. The Kier molecular flexibility index (Phi) is 8.90. The summed E-state index contributed by atoms with van der Waals surface area (Å²) in [5.74, 6) is -0.375. The molecule has 0 bridgehead atoms. The summed E-state index contributed by atoms with van der Waals surface area (Å²) >= 11 is 0. The number of methoxy groups -OCH3 is 2. The van der Waals surface area contributed by atoms with Crippen molar-refractivity contribution in [3.8, 4) is 0 Å². The van der Waals surface area contributed by atoms with E-state index in [0.29, 0.717) is 6.42 Å². The van der Waals surface area contributed by atoms with E-state index < -0.39 is 5.60 Å². The number of ether oxygens (including phenoxy) is 2. The highest BCUT2D eigenvalue weighted by Crippen LogP contribution is 2.28. The maximum Gasteiger partial charge on any atom is 0.340 e. The minimum atomic E-state index is -1.05. The number of rotatable bonds is 8. The molecular weight excluding hydrogens is 266 g/mol. The van der Waals surface area contributed by atoms with E-state index in [-0.39, 0.29) is 12.0 Å². The maximum absolute atomic E-state index is 12.3. The molecule has 0 saturated carbocycles. The number of nitrogens with one attached hydrogen (secondary N) is 1. The van der Waals surface area contributed by atoms with Crippen molar-refractivity contribution in [1.82, 2.24) is 5.32 Å². The molecule has 2 unspecified atom stereocenters. The van der Waals surface area contributed by atoms with Crippen LogP contribution in [0, 0.1) is 0 Å². The Bertz CT molecular complexity index is 424. The van der Waals surface area contributed by atoms with E-state index in [2.05, 4.69) is 11.4 Å². The van der Waals surface area contributed by atoms with Crippen LogP contribution in [0.3, 0.4) is 0 Å². The molecule has 0 aliphatic rings. The quantitative estimate of drug-likeness (QED) is 0.552. The van der Waals surface area contributed by atoms with Gasteiger partial charge in [0, 0.05) is 19.6 Å². The van der Waals surface area contributed by atoms with Gasteiger partial charge in [0.25, 0.3) is 0 Å². The third-order valence-corrected chi connectivity index (χ3v) is 3.74. The zero-order chi connectivity index (χ0) is 16.5. The first-order chi connectivity index (χ1) is 9.91. The van der Waals surface area contributed by atoms with Crippen LogP contribution in [-0.2, 0) is 14.3 Å². The lowest BCUT2D eigenvalue weighted by molar-refractivity contribution is -0.169. The van der Waals surface area contributed by atoms with Gasteiger partial charge >= 0.3 is 5.97 Å². The van der Waals surface area contributed by atoms with Gasteiger partial charge in [-0.1, -0.05) is 29.9 Å². The molecule has 1 N–H and O–H groups in total. The monoisotopic (exact) mass is 295 g/mol. The van der Waals surface area contributed by atoms with Gasteiger partial charge in [0.05, 0.1) is 7.11 Å². The maximum atomic E-state index is 12.3. The second kappa shape index (κ2) is 9.53. The van der Waals surface area contributed by atoms with Crippen LogP contribution < -0.4 is 5.32 Å². The summed E-state index contributed by atoms with van der Waals surface area (Å²) in [5.41, 5.74) is 1.10. The van der Waals surface area contributed by atoms with Gasteiger partial charge in [0.2, 0.25) is 0 Å². The van der Waals surface area contributed by atoms with E-state index >= 15 is 0 Å². The number of hydrogen-bond acceptors (Lipinski definition) is 4. The summed E-state index contributed by atoms with van der Waals surface area (Å²) in [7, 11) is 4.73. The van der Waals surface area contributed by atoms with Gasteiger partial charge in [-0.05, 0) is 40.3 Å². The molecule has 0 aromatic rings. The van der Waals surface area contributed by atoms with Crippen LogP contribution in [-0.4, -0.2) is 38.9 Å². The zero-order valence-corrected chi connectivity index (χ0v) is 14.3. The molecule has 2 atom stereocenters. The van der Waals surface area contributed by atoms with Crippen LogP contribution in [0.15, 0.2) is 35.5 Å². The molecule has 0 aromatic heterocycles. The first-order valence-electron chi connectivity index (χ1n) is 7.18. The zero-order valence-electron chi connectivity index (χ0n) is 14.3. The molecule has 120 valence electrons. The van der Waals surface area contributed by atoms with Crippen molar-refractivity contribution in [3.05, 3.63) is 35.5 Å². The molecule has 0 saturated heterocycles. The fourth-order valence-corrected chi connectivity index (χ4v) is 2.19. The van der Waals surface area contributed by atoms with E-state index in [1.54, 1.807) is 14.2 Å². The minimum absolute atomic E-state index is 0.186. The predicted molar refractivity (Wildman–Crippen MR) is 87.2 cm³/mol. The van der Waals surface area contributed by atoms with Crippen molar-refractivity contribution < 1.29 is 14.3 Å². The molecule has 0 aliphatic carbocycles. The van der Waals surface area contributed by atoms with Gasteiger partial charge in [-0.2, -0.15) is 0 Å². The number of allylic oxidation sites excluding steroid dienone is 5. The third kappa shape index (κ3) is 5.14. The Morgan fingerprint density at radius 2 is 1.95 bits per heavy atom. The average molecular weight is 295 g/mol. The lowest BCUT2D eigenvalue weighted by Gasteiger charge is -2.35. The van der Waals surface area contributed by atoms with Gasteiger partial charge in [-0.25, -0.2) is 4.79 Å². The molecule has 0 aliphatic heterocycles. The Hall–Kier alpha value is -1.39. The van der Waals surface area contributed by atoms with Crippen molar-refractivity contribution >= 4 is 5.97 Å². The highest BCUT2D eigenvalue weighted by atomic mass is 16.6. The molecule has 0 fully saturated rings. The summed E-state index contributed by atoms with van der Waals surface area (Å²) in [5, 5.41) is 3.10. The second-order valence-electron chi connectivity index (χ2n) is 5.02. The molecular formula is C17H29NO3. The average Bonchev–Trinajstić information content (AvgIpc) is 2.50. The number of likely N-dealkylation sites (N-methyl/N-ethyl adjacent to an activating group) is 1. The number of hydrogen-bond donors (Lipinski definition) is 1. The predicted octanol–water partition coefficient (Wildman–Crippen LogP) is 3.01. The van der Waals surface area contributed by atoms with Crippen molar-refractivity contribution in [3.63, 3.8) is 0 Å². The fraction of sp³-hybridized carbons (Fsp3) is 0.588. The van der Waals surface area contributed by atoms with E-state index in [1.165, 1.54) is 7.11 Å². The summed E-state index contributed by atoms with van der Waals surface area (Å²) < 4.78 is 10.6. The lowest BCUT2D eigenvalue weighted by atomic mass is 9.86. The molecule has 0 spiro atoms. The standard InChI is InChI=1S/C17H29NO3/c1-8-10-15(11-13(3)9-2)12-17(21-7,14(4)18-5)16(19)20-6/h8-11,14,18H,12H2,1-7H3/b10-8-,13-9-,15-11+. The van der Waals surface area contributed by atoms with E-state index in [1.807, 2.05) is 45.9 Å². The highest BCUT2D eigenvalue weighted by Gasteiger charge is 2.45. The Morgan fingerprint density at radius 3 is 2.33 bits per heavy atom. The molecule has 0 rings (SSSR count). The molecule has 0 radical (unpaired) electrons. The summed E-state index contributed by atoms with van der Waals surface area (Å²) in [4.78, 5) is 12.3. The van der Waals surface area contributed by atoms with Crippen LogP contribution >= 0.6 is 0 Å². The third-order valence-electron chi connectivity index (χ3n) is 3.74. The van der Waals surface area contributed by atoms with Crippen LogP contribution in [0.4, 0.5) is 0 Å². The Balaban J connectivity index is 5.73. The SMILES string of the molecule is C\C=C/C(=C\C(C)=C/C)CC(OC)(C(=O)OC)C(C)NC. The smallest absolute Gasteiger partial charge is 0.340 e. The van der Waals surface area contributed by atoms with Gasteiger partial charge in [0.15, 0.2) is 5.60 Å². The molecule has 0 aromatic carbocycles. The van der Waals surface area contributed by atoms with Crippen molar-refractivity contribution in [1.29, 1.82) is 0 Å². The first-order valence-corrected chi connectivity index (χ1v) is 7.18. The van der Waals surface area contributed by atoms with E-state index in [4.69, 9.17) is 9.47 Å². The van der Waals surface area contributed by atoms with Crippen LogP contribution in [0.2, 0.25) is 0 Å². The van der Waals surface area contributed by atoms with Gasteiger partial charge in [0.1, 0.15) is 0 Å². The molecule has 0 heterocycles. The van der Waals surface area contributed by atoms with Gasteiger partial charge in [-0.15, -0.1) is 0 Å². The summed E-state index contributed by atoms with van der Waals surface area (Å²) in [6.07, 6.45) is 8.47. The van der Waals surface area contributed by atoms with Gasteiger partial charge in [-0.3, -0.25) is 0 Å². The lowest BCUT2D eigenvalue weighted by Crippen LogP contribution is -2.55. The highest BCUT2D eigenvalue weighted by molar-refractivity contribution is 5.81. The molecule has 4 heteroatoms. The van der Waals surface area contributed by atoms with Gasteiger partial charge < -0.3 is 14.8 Å². The van der Waals surface area contributed by atoms with Crippen molar-refractivity contribution in [2.24, 2.45) is 0 Å². The largest absolute Gasteiger partial charge is 0.467 e. The molecule has 21 heavy (non-hydrogen) atoms. The normalized spacial score (nSPS) is 17.7. The van der Waals surface area contributed by atoms with Crippen molar-refractivity contribution in [2.75, 3.05) is 21.3 Å². The number of esters is 1. The topological polar surface area (TPSA) is 47.6 Å². The van der Waals surface area contributed by atoms with E-state index in [9.17, 15) is 4.79 Å². The first kappa shape index (κ1) is 19.6. The number of carbonyl (C=O) groups excluding carboxylic acids is 1. The summed E-state index contributed by atoms with van der Waals surface area (Å²) in [6.45, 7) is 7.88. The minimum Gasteiger partial charge on any atom is -0.467 e. The Labute approximate surface area is 128 Å². The van der Waals surface area contributed by atoms with Crippen LogP contribution in [0.1, 0.15) is 34.1 Å². The van der Waals surface area contributed by atoms with Crippen LogP contribution in [0.5, 0.6) is 0 Å². The van der Waals surface area contributed by atoms with E-state index in [0.717, 1.165) is 11.1 Å². The fourth-order valence-electron chi connectivity index (χ4n) is 2.19. The number of carbonyl (C=O) groups is 1. The molecule has 4 nitrogen and oxygen atoms in total. The van der Waals surface area contributed by atoms with Crippen molar-refractivity contribution in [2.45, 2.75) is 45.8 Å². The Morgan fingerprint density at radius 1 is 1.33 bits per heavy atom. The molecule has 0 amide bonds. The van der Waals surface area contributed by atoms with Crippen LogP contribution in [0.25, 0.3) is 0 Å².